The molecule has 2 aromatic rings. The van der Waals surface area contributed by atoms with Gasteiger partial charge in [-0.25, -0.2) is 0 Å². The van der Waals surface area contributed by atoms with Gasteiger partial charge in [-0.2, -0.15) is 0 Å². The summed E-state index contributed by atoms with van der Waals surface area (Å²) in [6.07, 6.45) is 4.94. The van der Waals surface area contributed by atoms with Gasteiger partial charge < -0.3 is 10.2 Å². The van der Waals surface area contributed by atoms with Crippen LogP contribution >= 0.6 is 0 Å². The molecule has 106 valence electrons. The molecule has 1 N–H and O–H groups in total. The van der Waals surface area contributed by atoms with Crippen LogP contribution in [0, 0.1) is 6.92 Å². The van der Waals surface area contributed by atoms with Crippen LogP contribution in [0.3, 0.4) is 0 Å². The van der Waals surface area contributed by atoms with Crippen LogP contribution in [0.4, 0.5) is 11.4 Å². The van der Waals surface area contributed by atoms with Crippen LogP contribution in [0.1, 0.15) is 24.5 Å². The molecule has 0 aliphatic heterocycles. The third-order valence-corrected chi connectivity index (χ3v) is 3.38. The summed E-state index contributed by atoms with van der Waals surface area (Å²) < 4.78 is 0. The molecule has 0 spiro atoms. The number of rotatable bonds is 6. The van der Waals surface area contributed by atoms with E-state index in [1.54, 1.807) is 0 Å². The second kappa shape index (κ2) is 7.06. The highest BCUT2D eigenvalue weighted by Crippen LogP contribution is 2.26. The van der Waals surface area contributed by atoms with Crippen molar-refractivity contribution in [3.8, 4) is 0 Å². The number of aromatic nitrogens is 1. The third-order valence-electron chi connectivity index (χ3n) is 3.38. The van der Waals surface area contributed by atoms with Gasteiger partial charge in [-0.1, -0.05) is 19.1 Å². The summed E-state index contributed by atoms with van der Waals surface area (Å²) in [6.45, 7) is 6.21. The standard InChI is InChI=1S/C17H23N3/c1-4-9-18-12-15-8-10-19-13-17(15)20(3)16-7-5-6-14(2)11-16/h5-8,10-11,13,18H,4,9,12H2,1-3H3. The molecule has 1 aromatic heterocycles. The Morgan fingerprint density at radius 3 is 2.85 bits per heavy atom. The highest BCUT2D eigenvalue weighted by Gasteiger charge is 2.09. The van der Waals surface area contributed by atoms with E-state index in [0.29, 0.717) is 0 Å². The van der Waals surface area contributed by atoms with E-state index in [0.717, 1.165) is 25.2 Å². The predicted molar refractivity (Wildman–Crippen MR) is 85.5 cm³/mol. The Hall–Kier alpha value is -1.87. The first-order valence-corrected chi connectivity index (χ1v) is 7.16. The van der Waals surface area contributed by atoms with Gasteiger partial charge in [0.15, 0.2) is 0 Å². The summed E-state index contributed by atoms with van der Waals surface area (Å²) >= 11 is 0. The number of nitrogens with one attached hydrogen (secondary N) is 1. The van der Waals surface area contributed by atoms with E-state index in [2.05, 4.69) is 66.4 Å². The Morgan fingerprint density at radius 2 is 2.10 bits per heavy atom. The number of benzene rings is 1. The van der Waals surface area contributed by atoms with E-state index < -0.39 is 0 Å². The summed E-state index contributed by atoms with van der Waals surface area (Å²) in [5.41, 5.74) is 4.89. The van der Waals surface area contributed by atoms with Crippen LogP contribution in [0.2, 0.25) is 0 Å². The van der Waals surface area contributed by atoms with Crippen LogP contribution in [0.5, 0.6) is 0 Å². The molecular weight excluding hydrogens is 246 g/mol. The summed E-state index contributed by atoms with van der Waals surface area (Å²) in [5.74, 6) is 0. The van der Waals surface area contributed by atoms with Crippen molar-refractivity contribution >= 4 is 11.4 Å². The largest absolute Gasteiger partial charge is 0.343 e. The average molecular weight is 269 g/mol. The molecule has 1 aromatic carbocycles. The molecule has 3 nitrogen and oxygen atoms in total. The van der Waals surface area contributed by atoms with E-state index in [9.17, 15) is 0 Å². The van der Waals surface area contributed by atoms with E-state index in [4.69, 9.17) is 0 Å². The van der Waals surface area contributed by atoms with Gasteiger partial charge in [0.05, 0.1) is 11.9 Å². The van der Waals surface area contributed by atoms with Gasteiger partial charge in [-0.3, -0.25) is 4.98 Å². The summed E-state index contributed by atoms with van der Waals surface area (Å²) in [7, 11) is 2.09. The minimum Gasteiger partial charge on any atom is -0.343 e. The zero-order chi connectivity index (χ0) is 14.4. The van der Waals surface area contributed by atoms with Gasteiger partial charge in [-0.15, -0.1) is 0 Å². The first kappa shape index (κ1) is 14.5. The van der Waals surface area contributed by atoms with Gasteiger partial charge in [-0.05, 0) is 49.2 Å². The predicted octanol–water partition coefficient (Wildman–Crippen LogP) is 3.66. The maximum absolute atomic E-state index is 4.27. The zero-order valence-corrected chi connectivity index (χ0v) is 12.6. The molecule has 0 saturated heterocycles. The Balaban J connectivity index is 2.23. The van der Waals surface area contributed by atoms with Crippen molar-refractivity contribution in [2.24, 2.45) is 0 Å². The lowest BCUT2D eigenvalue weighted by atomic mass is 10.1. The quantitative estimate of drug-likeness (QED) is 0.811. The van der Waals surface area contributed by atoms with Crippen LogP contribution in [0.15, 0.2) is 42.7 Å². The first-order valence-electron chi connectivity index (χ1n) is 7.16. The van der Waals surface area contributed by atoms with Gasteiger partial charge >= 0.3 is 0 Å². The summed E-state index contributed by atoms with van der Waals surface area (Å²) in [4.78, 5) is 6.47. The van der Waals surface area contributed by atoms with Gasteiger partial charge in [0.2, 0.25) is 0 Å². The first-order chi connectivity index (χ1) is 9.72. The maximum Gasteiger partial charge on any atom is 0.0640 e. The lowest BCUT2D eigenvalue weighted by molar-refractivity contribution is 0.675. The second-order valence-electron chi connectivity index (χ2n) is 5.08. The molecule has 0 radical (unpaired) electrons. The smallest absolute Gasteiger partial charge is 0.0640 e. The monoisotopic (exact) mass is 269 g/mol. The van der Waals surface area contributed by atoms with Crippen molar-refractivity contribution in [2.75, 3.05) is 18.5 Å². The van der Waals surface area contributed by atoms with Crippen LogP contribution in [-0.4, -0.2) is 18.6 Å². The third kappa shape index (κ3) is 3.58. The van der Waals surface area contributed by atoms with Crippen LogP contribution in [-0.2, 0) is 6.54 Å². The average Bonchev–Trinajstić information content (AvgIpc) is 2.47. The van der Waals surface area contributed by atoms with Crippen LogP contribution in [0.25, 0.3) is 0 Å². The second-order valence-corrected chi connectivity index (χ2v) is 5.08. The zero-order valence-electron chi connectivity index (χ0n) is 12.6. The Kier molecular flexibility index (Phi) is 5.13. The fourth-order valence-corrected chi connectivity index (χ4v) is 2.24. The molecule has 0 aliphatic carbocycles. The van der Waals surface area contributed by atoms with Crippen molar-refractivity contribution in [2.45, 2.75) is 26.8 Å². The molecule has 0 atom stereocenters. The maximum atomic E-state index is 4.27. The molecule has 20 heavy (non-hydrogen) atoms. The highest BCUT2D eigenvalue weighted by atomic mass is 15.1. The minimum atomic E-state index is 0.877. The minimum absolute atomic E-state index is 0.877. The normalized spacial score (nSPS) is 10.6. The highest BCUT2D eigenvalue weighted by molar-refractivity contribution is 5.65. The fraction of sp³-hybridized carbons (Fsp3) is 0.353. The van der Waals surface area contributed by atoms with Crippen molar-refractivity contribution < 1.29 is 0 Å². The van der Waals surface area contributed by atoms with E-state index in [1.807, 2.05) is 12.4 Å². The van der Waals surface area contributed by atoms with Gasteiger partial charge in [0.1, 0.15) is 0 Å². The molecule has 0 aliphatic rings. The number of nitrogens with zero attached hydrogens (tertiary/aromatic N) is 2. The molecule has 2 rings (SSSR count). The van der Waals surface area contributed by atoms with Crippen molar-refractivity contribution in [3.63, 3.8) is 0 Å². The molecule has 1 heterocycles. The van der Waals surface area contributed by atoms with Crippen molar-refractivity contribution in [3.05, 3.63) is 53.9 Å². The summed E-state index contributed by atoms with van der Waals surface area (Å²) in [6, 6.07) is 10.6. The van der Waals surface area contributed by atoms with Crippen molar-refractivity contribution in [1.82, 2.24) is 10.3 Å². The number of anilines is 2. The topological polar surface area (TPSA) is 28.2 Å². The lowest BCUT2D eigenvalue weighted by Gasteiger charge is -2.22. The van der Waals surface area contributed by atoms with E-state index in [1.165, 1.54) is 16.8 Å². The fourth-order valence-electron chi connectivity index (χ4n) is 2.24. The Bertz CT molecular complexity index is 551. The van der Waals surface area contributed by atoms with E-state index >= 15 is 0 Å². The molecule has 0 unspecified atom stereocenters. The molecule has 0 fully saturated rings. The Morgan fingerprint density at radius 1 is 1.25 bits per heavy atom. The van der Waals surface area contributed by atoms with Crippen molar-refractivity contribution in [1.29, 1.82) is 0 Å². The van der Waals surface area contributed by atoms with Gasteiger partial charge in [0, 0.05) is 25.5 Å². The summed E-state index contributed by atoms with van der Waals surface area (Å²) in [5, 5.41) is 3.46. The molecule has 0 saturated carbocycles. The van der Waals surface area contributed by atoms with E-state index in [-0.39, 0.29) is 0 Å². The molecule has 0 bridgehead atoms. The molecule has 3 heteroatoms. The molecule has 0 amide bonds. The number of hydrogen-bond donors (Lipinski definition) is 1. The molecular formula is C17H23N3. The number of pyridine rings is 1. The lowest BCUT2D eigenvalue weighted by Crippen LogP contribution is -2.18. The SMILES string of the molecule is CCCNCc1ccncc1N(C)c1cccc(C)c1. The van der Waals surface area contributed by atoms with Crippen LogP contribution < -0.4 is 10.2 Å². The number of hydrogen-bond acceptors (Lipinski definition) is 3. The van der Waals surface area contributed by atoms with Gasteiger partial charge in [0.25, 0.3) is 0 Å². The Labute approximate surface area is 121 Å². The number of aryl methyl sites for hydroxylation is 1.